The third-order valence-electron chi connectivity index (χ3n) is 4.24. The van der Waals surface area contributed by atoms with Crippen LogP contribution in [0.5, 0.6) is 0 Å². The molecule has 0 spiro atoms. The van der Waals surface area contributed by atoms with Crippen molar-refractivity contribution in [2.24, 2.45) is 0 Å². The Hall–Kier alpha value is -2.54. The van der Waals surface area contributed by atoms with Gasteiger partial charge in [-0.05, 0) is 24.6 Å². The zero-order valence-electron chi connectivity index (χ0n) is 14.0. The largest absolute Gasteiger partial charge is 0.467 e. The van der Waals surface area contributed by atoms with E-state index in [0.29, 0.717) is 18.0 Å². The first-order valence-corrected chi connectivity index (χ1v) is 8.31. The second-order valence-corrected chi connectivity index (χ2v) is 6.30. The molecule has 3 rings (SSSR count). The van der Waals surface area contributed by atoms with Gasteiger partial charge in [-0.3, -0.25) is 0 Å². The van der Waals surface area contributed by atoms with Crippen LogP contribution in [0.1, 0.15) is 29.9 Å². The molecule has 0 radical (unpaired) electrons. The Labute approximate surface area is 150 Å². The quantitative estimate of drug-likeness (QED) is 0.820. The van der Waals surface area contributed by atoms with Crippen molar-refractivity contribution in [3.8, 4) is 0 Å². The monoisotopic (exact) mass is 362 g/mol. The number of fused-ring (bicyclic) bond motifs is 1. The third-order valence-corrected chi connectivity index (χ3v) is 4.48. The van der Waals surface area contributed by atoms with Gasteiger partial charge in [-0.25, -0.2) is 14.6 Å². The highest BCUT2D eigenvalue weighted by Gasteiger charge is 2.35. The van der Waals surface area contributed by atoms with Crippen LogP contribution in [-0.4, -0.2) is 46.6 Å². The van der Waals surface area contributed by atoms with Crippen LogP contribution in [0.2, 0.25) is 5.02 Å². The van der Waals surface area contributed by atoms with Crippen molar-refractivity contribution < 1.29 is 14.3 Å². The highest BCUT2D eigenvalue weighted by molar-refractivity contribution is 6.30. The first-order chi connectivity index (χ1) is 12.0. The van der Waals surface area contributed by atoms with Gasteiger partial charge < -0.3 is 19.9 Å². The maximum absolute atomic E-state index is 12.8. The van der Waals surface area contributed by atoms with Gasteiger partial charge in [0.05, 0.1) is 19.1 Å². The number of benzene rings is 1. The van der Waals surface area contributed by atoms with E-state index in [4.69, 9.17) is 11.6 Å². The minimum atomic E-state index is -0.738. The molecule has 0 saturated carbocycles. The van der Waals surface area contributed by atoms with Crippen LogP contribution in [0, 0.1) is 0 Å². The average molecular weight is 363 g/mol. The molecule has 2 aromatic rings. The van der Waals surface area contributed by atoms with E-state index in [9.17, 15) is 9.59 Å². The summed E-state index contributed by atoms with van der Waals surface area (Å²) in [6.45, 7) is 2.08. The molecule has 132 valence electrons. The minimum Gasteiger partial charge on any atom is -0.467 e. The summed E-state index contributed by atoms with van der Waals surface area (Å²) in [5.74, 6) is -0.495. The Morgan fingerprint density at radius 2 is 2.28 bits per heavy atom. The SMILES string of the molecule is COC(=O)[C@@H](C)NC(=O)N1CCc2[nH]cnc2[C@@H]1c1cccc(Cl)c1. The van der Waals surface area contributed by atoms with Gasteiger partial charge in [0.15, 0.2) is 0 Å². The standard InChI is InChI=1S/C17H19ClN4O3/c1-10(16(23)25-2)21-17(24)22-7-6-13-14(20-9-19-13)15(22)11-4-3-5-12(18)8-11/h3-5,8-10,15H,6-7H2,1-2H3,(H,19,20)(H,21,24)/t10-,15+/m1/s1. The molecule has 2 heterocycles. The summed E-state index contributed by atoms with van der Waals surface area (Å²) in [6.07, 6.45) is 2.28. The van der Waals surface area contributed by atoms with Gasteiger partial charge in [0.2, 0.25) is 0 Å². The minimum absolute atomic E-state index is 0.350. The van der Waals surface area contributed by atoms with Crippen LogP contribution in [0.3, 0.4) is 0 Å². The number of rotatable bonds is 3. The van der Waals surface area contributed by atoms with E-state index in [-0.39, 0.29) is 12.1 Å². The van der Waals surface area contributed by atoms with Gasteiger partial charge in [0, 0.05) is 23.7 Å². The summed E-state index contributed by atoms with van der Waals surface area (Å²) in [5, 5.41) is 3.27. The molecular weight excluding hydrogens is 344 g/mol. The summed E-state index contributed by atoms with van der Waals surface area (Å²) in [4.78, 5) is 33.5. The summed E-state index contributed by atoms with van der Waals surface area (Å²) < 4.78 is 4.66. The van der Waals surface area contributed by atoms with E-state index in [1.807, 2.05) is 18.2 Å². The summed E-state index contributed by atoms with van der Waals surface area (Å²) >= 11 is 6.13. The van der Waals surface area contributed by atoms with Gasteiger partial charge in [0.1, 0.15) is 12.1 Å². The van der Waals surface area contributed by atoms with E-state index in [1.165, 1.54) is 7.11 Å². The Bertz CT molecular complexity index is 792. The highest BCUT2D eigenvalue weighted by Crippen LogP contribution is 2.34. The van der Waals surface area contributed by atoms with Crippen molar-refractivity contribution in [1.29, 1.82) is 0 Å². The normalized spacial score (nSPS) is 17.6. The van der Waals surface area contributed by atoms with Gasteiger partial charge in [-0.2, -0.15) is 0 Å². The number of esters is 1. The van der Waals surface area contributed by atoms with Crippen molar-refractivity contribution >= 4 is 23.6 Å². The number of methoxy groups -OCH3 is 1. The molecule has 0 bridgehead atoms. The van der Waals surface area contributed by atoms with E-state index < -0.39 is 12.0 Å². The number of ether oxygens (including phenoxy) is 1. The van der Waals surface area contributed by atoms with Crippen LogP contribution >= 0.6 is 11.6 Å². The Kier molecular flexibility index (Phi) is 4.94. The maximum Gasteiger partial charge on any atom is 0.328 e. The average Bonchev–Trinajstić information content (AvgIpc) is 3.08. The lowest BCUT2D eigenvalue weighted by molar-refractivity contribution is -0.142. The molecule has 1 aliphatic rings. The lowest BCUT2D eigenvalue weighted by atomic mass is 9.96. The van der Waals surface area contributed by atoms with Gasteiger partial charge in [-0.1, -0.05) is 23.7 Å². The molecule has 25 heavy (non-hydrogen) atoms. The van der Waals surface area contributed by atoms with Crippen LogP contribution in [0.15, 0.2) is 30.6 Å². The number of aromatic nitrogens is 2. The molecule has 0 aliphatic carbocycles. The predicted octanol–water partition coefficient (Wildman–Crippen LogP) is 2.28. The van der Waals surface area contributed by atoms with Crippen molar-refractivity contribution in [2.45, 2.75) is 25.4 Å². The zero-order valence-corrected chi connectivity index (χ0v) is 14.7. The number of H-pyrrole nitrogens is 1. The fraction of sp³-hybridized carbons (Fsp3) is 0.353. The molecule has 0 unspecified atom stereocenters. The predicted molar refractivity (Wildman–Crippen MR) is 92.3 cm³/mol. The highest BCUT2D eigenvalue weighted by atomic mass is 35.5. The number of nitrogens with one attached hydrogen (secondary N) is 2. The number of aromatic amines is 1. The summed E-state index contributed by atoms with van der Waals surface area (Å²) in [5.41, 5.74) is 2.64. The van der Waals surface area contributed by atoms with Gasteiger partial charge >= 0.3 is 12.0 Å². The number of halogens is 1. The van der Waals surface area contributed by atoms with E-state index in [2.05, 4.69) is 20.0 Å². The van der Waals surface area contributed by atoms with Crippen LogP contribution in [0.4, 0.5) is 4.79 Å². The van der Waals surface area contributed by atoms with Crippen LogP contribution in [-0.2, 0) is 16.0 Å². The lowest BCUT2D eigenvalue weighted by Crippen LogP contribution is -2.50. The number of hydrogen-bond acceptors (Lipinski definition) is 4. The summed E-state index contributed by atoms with van der Waals surface area (Å²) in [6, 6.07) is 5.88. The smallest absolute Gasteiger partial charge is 0.328 e. The lowest BCUT2D eigenvalue weighted by Gasteiger charge is -2.35. The number of hydrogen-bond donors (Lipinski definition) is 2. The van der Waals surface area contributed by atoms with Gasteiger partial charge in [-0.15, -0.1) is 0 Å². The molecule has 1 aromatic heterocycles. The molecule has 1 aliphatic heterocycles. The van der Waals surface area contributed by atoms with Crippen LogP contribution < -0.4 is 5.32 Å². The molecule has 7 nitrogen and oxygen atoms in total. The fourth-order valence-corrected chi connectivity index (χ4v) is 3.21. The molecule has 0 fully saturated rings. The van der Waals surface area contributed by atoms with E-state index >= 15 is 0 Å². The van der Waals surface area contributed by atoms with Crippen molar-refractivity contribution in [2.75, 3.05) is 13.7 Å². The first kappa shape index (κ1) is 17.3. The zero-order chi connectivity index (χ0) is 18.0. The number of carbonyl (C=O) groups is 2. The number of nitrogens with zero attached hydrogens (tertiary/aromatic N) is 2. The first-order valence-electron chi connectivity index (χ1n) is 7.94. The second kappa shape index (κ2) is 7.14. The molecule has 2 N–H and O–H groups in total. The molecule has 2 atom stereocenters. The van der Waals surface area contributed by atoms with E-state index in [1.54, 1.807) is 24.2 Å². The van der Waals surface area contributed by atoms with Crippen LogP contribution in [0.25, 0.3) is 0 Å². The van der Waals surface area contributed by atoms with Crippen molar-refractivity contribution in [1.82, 2.24) is 20.2 Å². The number of carbonyl (C=O) groups excluding carboxylic acids is 2. The third kappa shape index (κ3) is 3.46. The van der Waals surface area contributed by atoms with Crippen molar-refractivity contribution in [3.05, 3.63) is 52.6 Å². The number of imidazole rings is 1. The molecular formula is C17H19ClN4O3. The Morgan fingerprint density at radius 1 is 1.48 bits per heavy atom. The number of amides is 2. The molecule has 0 saturated heterocycles. The molecule has 8 heteroatoms. The van der Waals surface area contributed by atoms with Gasteiger partial charge in [0.25, 0.3) is 0 Å². The fourth-order valence-electron chi connectivity index (χ4n) is 3.01. The number of urea groups is 1. The summed E-state index contributed by atoms with van der Waals surface area (Å²) in [7, 11) is 1.29. The Morgan fingerprint density at radius 3 is 3.00 bits per heavy atom. The molecule has 2 amide bonds. The Balaban J connectivity index is 1.92. The topological polar surface area (TPSA) is 87.3 Å². The molecule has 1 aromatic carbocycles. The van der Waals surface area contributed by atoms with Crippen molar-refractivity contribution in [3.63, 3.8) is 0 Å². The second-order valence-electron chi connectivity index (χ2n) is 5.86. The maximum atomic E-state index is 12.8. The van der Waals surface area contributed by atoms with E-state index in [0.717, 1.165) is 17.0 Å².